The molecule has 1 aliphatic heterocycles. The molecule has 0 fully saturated rings. The number of aromatic nitrogens is 4. The van der Waals surface area contributed by atoms with Crippen molar-refractivity contribution in [1.29, 1.82) is 0 Å². The number of fused-ring (bicyclic) bond motifs is 1. The van der Waals surface area contributed by atoms with Gasteiger partial charge in [-0.05, 0) is 19.4 Å². The van der Waals surface area contributed by atoms with E-state index < -0.39 is 62.7 Å². The van der Waals surface area contributed by atoms with Crippen LogP contribution >= 0.6 is 0 Å². The van der Waals surface area contributed by atoms with Gasteiger partial charge < -0.3 is 62.9 Å². The van der Waals surface area contributed by atoms with E-state index in [-0.39, 0.29) is 57.7 Å². The highest BCUT2D eigenvalue weighted by Gasteiger charge is 2.34. The number of hydrogen-bond donors (Lipinski definition) is 4. The lowest BCUT2D eigenvalue weighted by Crippen LogP contribution is -2.34. The number of nitrogens with two attached hydrogens (primary N) is 1. The van der Waals surface area contributed by atoms with E-state index in [1.54, 1.807) is 24.7 Å². The van der Waals surface area contributed by atoms with Crippen molar-refractivity contribution < 1.29 is 102 Å². The first kappa shape index (κ1) is 67.1. The number of halogens is 4. The van der Waals surface area contributed by atoms with E-state index in [1.807, 2.05) is 13.8 Å². The summed E-state index contributed by atoms with van der Waals surface area (Å²) in [4.78, 5) is 50.4. The largest absolute Gasteiger partial charge is 0.420 e. The molecule has 1 amide bonds. The number of esters is 1. The number of rotatable bonds is 44. The van der Waals surface area contributed by atoms with E-state index in [2.05, 4.69) is 35.0 Å². The smallest absolute Gasteiger partial charge is 0.313 e. The Morgan fingerprint density at radius 3 is 1.60 bits per heavy atom. The lowest BCUT2D eigenvalue weighted by atomic mass is 10.1. The van der Waals surface area contributed by atoms with Crippen molar-refractivity contribution in [2.75, 3.05) is 145 Å². The van der Waals surface area contributed by atoms with Crippen molar-refractivity contribution in [1.82, 2.24) is 30.3 Å². The SMILES string of the molecule is CCCN(OCC)C(=O)C1=Cc2cnc(-c3cnc(CNC(O)CCOCCOCCOCCOCCOCCOCCOCCOCCOCCOCCC(=O)Oc4c(F)c(F)c(S(=O)(=O)O)c(F)c4F)nc3)nc2N=C(N)C1. The molecule has 1 atom stereocenters. The maximum absolute atomic E-state index is 14.0. The minimum absolute atomic E-state index is 0.0157. The summed E-state index contributed by atoms with van der Waals surface area (Å²) in [6, 6.07) is 0. The molecule has 1 aliphatic rings. The molecule has 3 heterocycles. The second kappa shape index (κ2) is 38.4. The van der Waals surface area contributed by atoms with Gasteiger partial charge in [-0.15, -0.1) is 0 Å². The van der Waals surface area contributed by atoms with Gasteiger partial charge in [-0.2, -0.15) is 17.2 Å². The number of aliphatic hydroxyl groups excluding tert-OH is 1. The fourth-order valence-electron chi connectivity index (χ4n) is 6.58. The van der Waals surface area contributed by atoms with Gasteiger partial charge in [0.25, 0.3) is 5.91 Å². The van der Waals surface area contributed by atoms with Crippen molar-refractivity contribution in [3.63, 3.8) is 0 Å². The van der Waals surface area contributed by atoms with E-state index in [0.717, 1.165) is 6.42 Å². The van der Waals surface area contributed by atoms with Crippen LogP contribution in [0.1, 0.15) is 50.9 Å². The number of benzene rings is 1. The molecule has 2 aromatic heterocycles. The predicted molar refractivity (Wildman–Crippen MR) is 273 cm³/mol. The third-order valence-corrected chi connectivity index (χ3v) is 11.3. The normalized spacial score (nSPS) is 12.9. The van der Waals surface area contributed by atoms with Crippen molar-refractivity contribution in [2.24, 2.45) is 10.7 Å². The highest BCUT2D eigenvalue weighted by Crippen LogP contribution is 2.33. The Balaban J connectivity index is 0.857. The Hall–Kier alpha value is -5.36. The maximum Gasteiger partial charge on any atom is 0.313 e. The zero-order chi connectivity index (χ0) is 58.0. The number of hydroxylamine groups is 2. The Kier molecular flexibility index (Phi) is 32.2. The summed E-state index contributed by atoms with van der Waals surface area (Å²) < 4.78 is 145. The van der Waals surface area contributed by atoms with Gasteiger partial charge in [-0.3, -0.25) is 24.3 Å². The third-order valence-electron chi connectivity index (χ3n) is 10.4. The van der Waals surface area contributed by atoms with Gasteiger partial charge in [0.05, 0.1) is 157 Å². The number of amidine groups is 1. The van der Waals surface area contributed by atoms with Gasteiger partial charge in [-0.25, -0.2) is 38.8 Å². The quantitative estimate of drug-likeness (QED) is 0.00924. The Bertz CT molecular complexity index is 2470. The number of aliphatic imine (C=N–C) groups is 1. The van der Waals surface area contributed by atoms with Crippen molar-refractivity contribution >= 4 is 39.7 Å². The number of aliphatic hydroxyl groups is 1. The van der Waals surface area contributed by atoms with Gasteiger partial charge in [-0.1, -0.05) is 6.92 Å². The molecule has 1 unspecified atom stereocenters. The summed E-state index contributed by atoms with van der Waals surface area (Å²) >= 11 is 0. The molecular weight excluding hydrogens is 1100 g/mol. The van der Waals surface area contributed by atoms with E-state index in [1.165, 1.54) is 5.06 Å². The van der Waals surface area contributed by atoms with E-state index >= 15 is 0 Å². The molecule has 3 aromatic rings. The third kappa shape index (κ3) is 25.2. The van der Waals surface area contributed by atoms with Gasteiger partial charge in [0.2, 0.25) is 17.4 Å². The van der Waals surface area contributed by atoms with Crippen LogP contribution in [-0.2, 0) is 78.5 Å². The molecule has 0 spiro atoms. The number of nitrogens with zero attached hydrogens (tertiary/aromatic N) is 6. The summed E-state index contributed by atoms with van der Waals surface area (Å²) in [5.74, 6) is -11.6. The highest BCUT2D eigenvalue weighted by molar-refractivity contribution is 7.85. The molecule has 0 radical (unpaired) electrons. The molecule has 4 rings (SSSR count). The minimum Gasteiger partial charge on any atom is -0.420 e. The molecule has 31 heteroatoms. The second-order valence-electron chi connectivity index (χ2n) is 16.6. The fourth-order valence-corrected chi connectivity index (χ4v) is 7.21. The van der Waals surface area contributed by atoms with Gasteiger partial charge in [0.1, 0.15) is 17.9 Å². The van der Waals surface area contributed by atoms with Crippen LogP contribution in [0.15, 0.2) is 34.1 Å². The van der Waals surface area contributed by atoms with Crippen molar-refractivity contribution in [2.45, 2.75) is 57.2 Å². The molecular formula is C49H70F4N8O18S. The average molecular weight is 1170 g/mol. The van der Waals surface area contributed by atoms with E-state index in [9.17, 15) is 40.7 Å². The predicted octanol–water partition coefficient (Wildman–Crippen LogP) is 2.66. The molecule has 26 nitrogen and oxygen atoms in total. The molecule has 0 saturated heterocycles. The van der Waals surface area contributed by atoms with Crippen LogP contribution in [0.5, 0.6) is 5.75 Å². The van der Waals surface area contributed by atoms with Crippen LogP contribution in [0.25, 0.3) is 17.5 Å². The zero-order valence-electron chi connectivity index (χ0n) is 44.6. The lowest BCUT2D eigenvalue weighted by molar-refractivity contribution is -0.180. The minimum atomic E-state index is -5.65. The molecule has 448 valence electrons. The van der Waals surface area contributed by atoms with Crippen LogP contribution in [-0.4, -0.2) is 212 Å². The topological polar surface area (TPSA) is 325 Å². The lowest BCUT2D eigenvalue weighted by Gasteiger charge is -2.21. The van der Waals surface area contributed by atoms with Crippen LogP contribution in [0.2, 0.25) is 0 Å². The fraction of sp³-hybridized carbons (Fsp3) is 0.612. The Labute approximate surface area is 460 Å². The van der Waals surface area contributed by atoms with Crippen LogP contribution in [0, 0.1) is 23.3 Å². The van der Waals surface area contributed by atoms with Crippen LogP contribution < -0.4 is 15.8 Å². The standard InChI is InChI=1S/C49H70F4N8O18S/c1-3-7-61(78-4-2)49(64)34-28-35-30-58-47(60-48(35)59-37(54)29-34)36-31-55-38(56-32-36)33-57-39(62)5-8-68-10-12-70-14-16-72-18-20-74-22-24-76-26-27-77-25-23-75-21-19-73-17-15-71-13-11-69-9-6-40(63)79-45-41(50)43(52)46(80(65,66)67)44(53)42(45)51/h28,30-32,39,57,62H,3-27,29,33H2,1-2H3,(H,65,66,67)(H2,54,58,59,60). The van der Waals surface area contributed by atoms with E-state index in [0.29, 0.717) is 153 Å². The zero-order valence-corrected chi connectivity index (χ0v) is 45.4. The summed E-state index contributed by atoms with van der Waals surface area (Å²) in [7, 11) is -5.65. The molecule has 0 aliphatic carbocycles. The molecule has 0 bridgehead atoms. The number of nitrogens with one attached hydrogen (secondary N) is 1. The van der Waals surface area contributed by atoms with Crippen LogP contribution in [0.3, 0.4) is 0 Å². The summed E-state index contributed by atoms with van der Waals surface area (Å²) in [5.41, 5.74) is 7.68. The second-order valence-corrected chi connectivity index (χ2v) is 17.9. The number of ether oxygens (including phenoxy) is 11. The summed E-state index contributed by atoms with van der Waals surface area (Å²) in [6.07, 6.45) is 6.19. The van der Waals surface area contributed by atoms with Crippen molar-refractivity contribution in [3.05, 3.63) is 58.8 Å². The molecule has 0 saturated carbocycles. The van der Waals surface area contributed by atoms with E-state index in [4.69, 9.17) is 62.5 Å². The average Bonchev–Trinajstić information content (AvgIpc) is 3.72. The number of carbonyl (C=O) groups excluding carboxylic acids is 2. The monoisotopic (exact) mass is 1170 g/mol. The maximum atomic E-state index is 14.0. The van der Waals surface area contributed by atoms with Crippen molar-refractivity contribution in [3.8, 4) is 17.1 Å². The first-order valence-electron chi connectivity index (χ1n) is 25.5. The van der Waals surface area contributed by atoms with Gasteiger partial charge in [0.15, 0.2) is 28.2 Å². The van der Waals surface area contributed by atoms with Gasteiger partial charge >= 0.3 is 16.1 Å². The first-order chi connectivity index (χ1) is 38.6. The number of carbonyl (C=O) groups is 2. The molecule has 1 aromatic carbocycles. The molecule has 5 N–H and O–H groups in total. The highest BCUT2D eigenvalue weighted by atomic mass is 32.2. The Morgan fingerprint density at radius 2 is 1.15 bits per heavy atom. The van der Waals surface area contributed by atoms with Crippen LogP contribution in [0.4, 0.5) is 23.4 Å². The summed E-state index contributed by atoms with van der Waals surface area (Å²) in [6.45, 7) is 10.6. The van der Waals surface area contributed by atoms with Gasteiger partial charge in [0, 0.05) is 49.1 Å². The first-order valence-corrected chi connectivity index (χ1v) is 27.0. The Morgan fingerprint density at radius 1 is 0.688 bits per heavy atom. The molecule has 80 heavy (non-hydrogen) atoms. The number of hydrogen-bond acceptors (Lipinski definition) is 24. The number of amides is 1. The summed E-state index contributed by atoms with van der Waals surface area (Å²) in [5, 5.41) is 14.6.